The normalized spacial score (nSPS) is 9.88. The Morgan fingerprint density at radius 2 is 1.69 bits per heavy atom. The number of Topliss-reactive ketones (excluding diaryl/α,β-unsaturated/α-hetero) is 1. The molecule has 1 aromatic carbocycles. The van der Waals surface area contributed by atoms with E-state index in [-0.39, 0.29) is 0 Å². The molecule has 1 rings (SSSR count). The van der Waals surface area contributed by atoms with E-state index >= 15 is 0 Å². The van der Waals surface area contributed by atoms with Gasteiger partial charge in [0.2, 0.25) is 5.82 Å². The van der Waals surface area contributed by atoms with Crippen molar-refractivity contribution in [3.05, 3.63) is 43.7 Å². The summed E-state index contributed by atoms with van der Waals surface area (Å²) in [7, 11) is 0. The molecule has 0 radical (unpaired) electrons. The summed E-state index contributed by atoms with van der Waals surface area (Å²) < 4.78 is 13.0. The molecule has 0 heterocycles. The van der Waals surface area contributed by atoms with Crippen molar-refractivity contribution in [1.82, 2.24) is 0 Å². The van der Waals surface area contributed by atoms with Crippen LogP contribution in [0.4, 0.5) is 15.8 Å². The van der Waals surface area contributed by atoms with Crippen LogP contribution in [0.3, 0.4) is 0 Å². The first kappa shape index (κ1) is 11.7. The molecule has 0 aliphatic carbocycles. The Morgan fingerprint density at radius 1 is 1.19 bits per heavy atom. The highest BCUT2D eigenvalue weighted by molar-refractivity contribution is 5.98. The third-order valence-corrected chi connectivity index (χ3v) is 1.84. The minimum absolute atomic E-state index is 0.370. The summed E-state index contributed by atoms with van der Waals surface area (Å²) in [6.45, 7) is 1.00. The van der Waals surface area contributed by atoms with Crippen molar-refractivity contribution in [3.8, 4) is 0 Å². The predicted molar refractivity (Wildman–Crippen MR) is 49.7 cm³/mol. The van der Waals surface area contributed by atoms with Crippen LogP contribution in [0.25, 0.3) is 0 Å². The number of nitro benzene ring substituents is 2. The topological polar surface area (TPSA) is 103 Å². The molecule has 7 nitrogen and oxygen atoms in total. The minimum Gasteiger partial charge on any atom is -0.294 e. The van der Waals surface area contributed by atoms with E-state index in [0.717, 1.165) is 6.92 Å². The zero-order chi connectivity index (χ0) is 12.5. The fourth-order valence-corrected chi connectivity index (χ4v) is 1.12. The van der Waals surface area contributed by atoms with Crippen LogP contribution in [0.1, 0.15) is 17.3 Å². The van der Waals surface area contributed by atoms with Gasteiger partial charge in [-0.15, -0.1) is 0 Å². The van der Waals surface area contributed by atoms with Gasteiger partial charge in [0.05, 0.1) is 15.9 Å². The summed E-state index contributed by atoms with van der Waals surface area (Å²) in [6, 6.07) is 0.935. The van der Waals surface area contributed by atoms with Gasteiger partial charge in [-0.2, -0.15) is 4.39 Å². The van der Waals surface area contributed by atoms with Crippen molar-refractivity contribution in [2.45, 2.75) is 6.92 Å². The van der Waals surface area contributed by atoms with E-state index in [0.29, 0.717) is 12.1 Å². The van der Waals surface area contributed by atoms with Crippen molar-refractivity contribution in [2.75, 3.05) is 0 Å². The highest BCUT2D eigenvalue weighted by Crippen LogP contribution is 2.27. The number of benzene rings is 1. The van der Waals surface area contributed by atoms with Gasteiger partial charge in [0.1, 0.15) is 5.56 Å². The average Bonchev–Trinajstić information content (AvgIpc) is 2.15. The summed E-state index contributed by atoms with van der Waals surface area (Å²) in [5.74, 6) is -2.09. The molecule has 8 heteroatoms. The monoisotopic (exact) mass is 228 g/mol. The lowest BCUT2D eigenvalue weighted by Gasteiger charge is -1.99. The zero-order valence-electron chi connectivity index (χ0n) is 7.97. The highest BCUT2D eigenvalue weighted by atomic mass is 19.1. The van der Waals surface area contributed by atoms with Crippen LogP contribution < -0.4 is 0 Å². The van der Waals surface area contributed by atoms with Crippen molar-refractivity contribution in [1.29, 1.82) is 0 Å². The number of nitrogens with zero attached hydrogens (tertiary/aromatic N) is 2. The summed E-state index contributed by atoms with van der Waals surface area (Å²) in [6.07, 6.45) is 0. The maximum absolute atomic E-state index is 13.0. The largest absolute Gasteiger partial charge is 0.306 e. The van der Waals surface area contributed by atoms with Crippen molar-refractivity contribution < 1.29 is 19.0 Å². The number of carbonyl (C=O) groups is 1. The maximum atomic E-state index is 13.0. The van der Waals surface area contributed by atoms with Gasteiger partial charge >= 0.3 is 5.69 Å². The fraction of sp³-hybridized carbons (Fsp3) is 0.125. The molecule has 0 amide bonds. The zero-order valence-corrected chi connectivity index (χ0v) is 7.97. The fourth-order valence-electron chi connectivity index (χ4n) is 1.12. The molecule has 1 aromatic rings. The molecule has 0 aromatic heterocycles. The lowest BCUT2D eigenvalue weighted by molar-refractivity contribution is -0.391. The number of halogens is 1. The van der Waals surface area contributed by atoms with E-state index in [1.807, 2.05) is 0 Å². The van der Waals surface area contributed by atoms with Gasteiger partial charge in [-0.1, -0.05) is 0 Å². The van der Waals surface area contributed by atoms with E-state index < -0.39 is 38.4 Å². The first-order valence-corrected chi connectivity index (χ1v) is 3.98. The van der Waals surface area contributed by atoms with Gasteiger partial charge in [-0.05, 0) is 6.92 Å². The lowest BCUT2D eigenvalue weighted by atomic mass is 10.1. The van der Waals surface area contributed by atoms with E-state index in [9.17, 15) is 29.4 Å². The Balaban J connectivity index is 3.55. The molecule has 0 saturated heterocycles. The molecule has 84 valence electrons. The maximum Gasteiger partial charge on any atom is 0.306 e. The predicted octanol–water partition coefficient (Wildman–Crippen LogP) is 1.84. The van der Waals surface area contributed by atoms with Gasteiger partial charge in [0.25, 0.3) is 5.69 Å². The Labute approximate surface area is 87.8 Å². The molecule has 0 bridgehead atoms. The molecule has 0 spiro atoms. The van der Waals surface area contributed by atoms with E-state index in [1.165, 1.54) is 0 Å². The van der Waals surface area contributed by atoms with Gasteiger partial charge < -0.3 is 0 Å². The number of hydrogen-bond donors (Lipinski definition) is 0. The Hall–Kier alpha value is -2.38. The van der Waals surface area contributed by atoms with Crippen LogP contribution in [0, 0.1) is 26.0 Å². The summed E-state index contributed by atoms with van der Waals surface area (Å²) in [5.41, 5.74) is -2.23. The molecular weight excluding hydrogens is 223 g/mol. The second kappa shape index (κ2) is 4.01. The molecule has 0 aliphatic heterocycles. The third kappa shape index (κ3) is 2.00. The summed E-state index contributed by atoms with van der Waals surface area (Å²) in [4.78, 5) is 29.8. The van der Waals surface area contributed by atoms with Crippen LogP contribution in [0.15, 0.2) is 12.1 Å². The standard InChI is InChI=1S/C8H5FN2O5/c1-4(12)5-2-8(11(15)16)6(9)3-7(5)10(13)14/h2-3H,1H3. The van der Waals surface area contributed by atoms with Crippen LogP contribution in [0.5, 0.6) is 0 Å². The number of ketones is 1. The third-order valence-electron chi connectivity index (χ3n) is 1.84. The first-order valence-electron chi connectivity index (χ1n) is 3.98. The molecule has 0 fully saturated rings. The van der Waals surface area contributed by atoms with E-state index in [2.05, 4.69) is 0 Å². The second-order valence-electron chi connectivity index (χ2n) is 2.89. The van der Waals surface area contributed by atoms with E-state index in [1.54, 1.807) is 0 Å². The summed E-state index contributed by atoms with van der Waals surface area (Å²) >= 11 is 0. The Morgan fingerprint density at radius 3 is 2.06 bits per heavy atom. The molecule has 0 aliphatic rings. The summed E-state index contributed by atoms with van der Waals surface area (Å²) in [5, 5.41) is 20.8. The quantitative estimate of drug-likeness (QED) is 0.446. The van der Waals surface area contributed by atoms with Gasteiger partial charge in [-0.25, -0.2) is 0 Å². The lowest BCUT2D eigenvalue weighted by Crippen LogP contribution is -2.03. The molecule has 0 unspecified atom stereocenters. The van der Waals surface area contributed by atoms with Gasteiger partial charge in [-0.3, -0.25) is 25.0 Å². The van der Waals surface area contributed by atoms with Crippen molar-refractivity contribution >= 4 is 17.2 Å². The second-order valence-corrected chi connectivity index (χ2v) is 2.89. The highest BCUT2D eigenvalue weighted by Gasteiger charge is 2.26. The number of carbonyl (C=O) groups excluding carboxylic acids is 1. The Bertz CT molecular complexity index is 499. The molecular formula is C8H5FN2O5. The van der Waals surface area contributed by atoms with Crippen LogP contribution in [-0.4, -0.2) is 15.6 Å². The minimum atomic E-state index is -1.35. The number of hydrogen-bond acceptors (Lipinski definition) is 5. The van der Waals surface area contributed by atoms with Crippen molar-refractivity contribution in [2.24, 2.45) is 0 Å². The van der Waals surface area contributed by atoms with Crippen LogP contribution >= 0.6 is 0 Å². The molecule has 16 heavy (non-hydrogen) atoms. The SMILES string of the molecule is CC(=O)c1cc([N+](=O)[O-])c(F)cc1[N+](=O)[O-]. The molecule has 0 atom stereocenters. The number of nitro groups is 2. The number of rotatable bonds is 3. The smallest absolute Gasteiger partial charge is 0.294 e. The molecule has 0 saturated carbocycles. The Kier molecular flexibility index (Phi) is 2.93. The van der Waals surface area contributed by atoms with Gasteiger partial charge in [0.15, 0.2) is 5.78 Å². The van der Waals surface area contributed by atoms with Crippen LogP contribution in [-0.2, 0) is 0 Å². The van der Waals surface area contributed by atoms with Crippen molar-refractivity contribution in [3.63, 3.8) is 0 Å². The van der Waals surface area contributed by atoms with E-state index in [4.69, 9.17) is 0 Å². The molecule has 0 N–H and O–H groups in total. The van der Waals surface area contributed by atoms with Crippen LogP contribution in [0.2, 0.25) is 0 Å². The first-order chi connectivity index (χ1) is 7.34. The van der Waals surface area contributed by atoms with Gasteiger partial charge in [0, 0.05) is 6.07 Å². The average molecular weight is 228 g/mol.